The summed E-state index contributed by atoms with van der Waals surface area (Å²) in [6.45, 7) is 2.88. The third kappa shape index (κ3) is 3.93. The molecule has 0 aliphatic carbocycles. The SMILES string of the molecule is CCCN(CC(=O)NC)C1CS(=O)(=O)CC1N. The number of rotatable bonds is 5. The number of carbonyl (C=O) groups excluding carboxylic acids is 1. The Labute approximate surface area is 102 Å². The van der Waals surface area contributed by atoms with Crippen molar-refractivity contribution in [2.75, 3.05) is 31.6 Å². The van der Waals surface area contributed by atoms with E-state index < -0.39 is 15.9 Å². The first-order valence-corrected chi connectivity index (χ1v) is 7.62. The molecule has 3 N–H and O–H groups in total. The number of nitrogens with two attached hydrogens (primary N) is 1. The van der Waals surface area contributed by atoms with Gasteiger partial charge in [0.1, 0.15) is 0 Å². The van der Waals surface area contributed by atoms with Crippen molar-refractivity contribution in [3.8, 4) is 0 Å². The third-order valence-corrected chi connectivity index (χ3v) is 4.71. The van der Waals surface area contributed by atoms with Crippen molar-refractivity contribution in [1.29, 1.82) is 0 Å². The summed E-state index contributed by atoms with van der Waals surface area (Å²) in [7, 11) is -1.48. The van der Waals surface area contributed by atoms with Gasteiger partial charge in [0, 0.05) is 19.1 Å². The van der Waals surface area contributed by atoms with Crippen LogP contribution in [0.25, 0.3) is 0 Å². The lowest BCUT2D eigenvalue weighted by Gasteiger charge is -2.29. The van der Waals surface area contributed by atoms with Crippen molar-refractivity contribution in [3.63, 3.8) is 0 Å². The molecule has 0 radical (unpaired) electrons. The smallest absolute Gasteiger partial charge is 0.233 e. The summed E-state index contributed by atoms with van der Waals surface area (Å²) in [5.74, 6) is -0.0356. The number of hydrogen-bond acceptors (Lipinski definition) is 5. The molecule has 2 atom stereocenters. The normalized spacial score (nSPS) is 27.3. The van der Waals surface area contributed by atoms with Gasteiger partial charge in [0.05, 0.1) is 18.1 Å². The molecular weight excluding hydrogens is 242 g/mol. The molecule has 100 valence electrons. The molecule has 17 heavy (non-hydrogen) atoms. The van der Waals surface area contributed by atoms with Crippen LogP contribution in [0.3, 0.4) is 0 Å². The van der Waals surface area contributed by atoms with Gasteiger partial charge in [-0.2, -0.15) is 0 Å². The Hall–Kier alpha value is -0.660. The Morgan fingerprint density at radius 1 is 1.47 bits per heavy atom. The van der Waals surface area contributed by atoms with E-state index in [0.717, 1.165) is 6.42 Å². The Bertz CT molecular complexity index is 369. The van der Waals surface area contributed by atoms with Gasteiger partial charge in [0.25, 0.3) is 0 Å². The molecule has 1 fully saturated rings. The Morgan fingerprint density at radius 2 is 2.12 bits per heavy atom. The molecule has 7 heteroatoms. The van der Waals surface area contributed by atoms with E-state index in [0.29, 0.717) is 6.54 Å². The van der Waals surface area contributed by atoms with Gasteiger partial charge >= 0.3 is 0 Å². The number of nitrogens with one attached hydrogen (secondary N) is 1. The largest absolute Gasteiger partial charge is 0.358 e. The van der Waals surface area contributed by atoms with Crippen LogP contribution in [-0.2, 0) is 14.6 Å². The zero-order valence-electron chi connectivity index (χ0n) is 10.3. The highest BCUT2D eigenvalue weighted by molar-refractivity contribution is 7.91. The highest BCUT2D eigenvalue weighted by Crippen LogP contribution is 2.17. The van der Waals surface area contributed by atoms with Crippen molar-refractivity contribution in [2.24, 2.45) is 5.73 Å². The molecule has 0 aromatic carbocycles. The van der Waals surface area contributed by atoms with Gasteiger partial charge in [0.2, 0.25) is 5.91 Å². The highest BCUT2D eigenvalue weighted by Gasteiger charge is 2.38. The predicted molar refractivity (Wildman–Crippen MR) is 66.3 cm³/mol. The molecule has 0 spiro atoms. The van der Waals surface area contributed by atoms with Gasteiger partial charge in [-0.1, -0.05) is 6.92 Å². The van der Waals surface area contributed by atoms with Gasteiger partial charge in [-0.05, 0) is 13.0 Å². The van der Waals surface area contributed by atoms with E-state index in [2.05, 4.69) is 5.32 Å². The van der Waals surface area contributed by atoms with E-state index in [1.54, 1.807) is 7.05 Å². The molecule has 1 saturated heterocycles. The maximum Gasteiger partial charge on any atom is 0.233 e. The predicted octanol–water partition coefficient (Wildman–Crippen LogP) is -1.43. The van der Waals surface area contributed by atoms with Crippen LogP contribution in [0.15, 0.2) is 0 Å². The second-order valence-corrected chi connectivity index (χ2v) is 6.61. The van der Waals surface area contributed by atoms with E-state index in [9.17, 15) is 13.2 Å². The maximum absolute atomic E-state index is 11.5. The lowest BCUT2D eigenvalue weighted by atomic mass is 10.1. The molecule has 1 rings (SSSR count). The van der Waals surface area contributed by atoms with Crippen molar-refractivity contribution in [3.05, 3.63) is 0 Å². The lowest BCUT2D eigenvalue weighted by molar-refractivity contribution is -0.122. The van der Waals surface area contributed by atoms with Crippen molar-refractivity contribution in [2.45, 2.75) is 25.4 Å². The fourth-order valence-corrected chi connectivity index (χ4v) is 4.07. The van der Waals surface area contributed by atoms with Gasteiger partial charge in [-0.25, -0.2) is 8.42 Å². The number of carbonyl (C=O) groups is 1. The number of amides is 1. The number of sulfone groups is 1. The molecule has 6 nitrogen and oxygen atoms in total. The standard InChI is InChI=1S/C10H21N3O3S/c1-3-4-13(5-10(14)12-2)9-7-17(15,16)6-8(9)11/h8-9H,3-7,11H2,1-2H3,(H,12,14). The van der Waals surface area contributed by atoms with Crippen LogP contribution in [0.4, 0.5) is 0 Å². The van der Waals surface area contributed by atoms with E-state index >= 15 is 0 Å². The summed E-state index contributed by atoms with van der Waals surface area (Å²) in [5.41, 5.74) is 5.85. The van der Waals surface area contributed by atoms with Crippen LogP contribution < -0.4 is 11.1 Å². The first-order chi connectivity index (χ1) is 7.89. The molecule has 0 bridgehead atoms. The van der Waals surface area contributed by atoms with Crippen molar-refractivity contribution >= 4 is 15.7 Å². The zero-order chi connectivity index (χ0) is 13.1. The molecule has 0 aromatic rings. The molecule has 0 saturated carbocycles. The molecule has 1 aliphatic heterocycles. The van der Waals surface area contributed by atoms with Gasteiger partial charge in [-0.15, -0.1) is 0 Å². The summed E-state index contributed by atoms with van der Waals surface area (Å²) in [4.78, 5) is 13.2. The van der Waals surface area contributed by atoms with E-state index in [1.807, 2.05) is 11.8 Å². The molecule has 1 aliphatic rings. The van der Waals surface area contributed by atoms with Crippen LogP contribution in [0.1, 0.15) is 13.3 Å². The van der Waals surface area contributed by atoms with Crippen molar-refractivity contribution in [1.82, 2.24) is 10.2 Å². The van der Waals surface area contributed by atoms with Crippen LogP contribution in [0, 0.1) is 0 Å². The van der Waals surface area contributed by atoms with Crippen LogP contribution in [0.2, 0.25) is 0 Å². The molecular formula is C10H21N3O3S. The number of likely N-dealkylation sites (N-methyl/N-ethyl adjacent to an activating group) is 1. The summed E-state index contributed by atoms with van der Waals surface area (Å²) in [6.07, 6.45) is 0.861. The topological polar surface area (TPSA) is 92.5 Å². The third-order valence-electron chi connectivity index (χ3n) is 2.97. The molecule has 2 unspecified atom stereocenters. The fourth-order valence-electron chi connectivity index (χ4n) is 2.15. The minimum absolute atomic E-state index is 0.0195. The quantitative estimate of drug-likeness (QED) is 0.634. The first kappa shape index (κ1) is 14.4. The van der Waals surface area contributed by atoms with Crippen LogP contribution in [-0.4, -0.2) is 63.0 Å². The Balaban J connectivity index is 2.74. The van der Waals surface area contributed by atoms with Gasteiger partial charge < -0.3 is 11.1 Å². The zero-order valence-corrected chi connectivity index (χ0v) is 11.2. The van der Waals surface area contributed by atoms with Gasteiger partial charge in [0.15, 0.2) is 9.84 Å². The average molecular weight is 263 g/mol. The second kappa shape index (κ2) is 5.79. The summed E-state index contributed by atoms with van der Waals surface area (Å²) < 4.78 is 23.0. The molecule has 1 heterocycles. The average Bonchev–Trinajstić information content (AvgIpc) is 2.51. The van der Waals surface area contributed by atoms with E-state index in [-0.39, 0.29) is 30.0 Å². The molecule has 1 amide bonds. The van der Waals surface area contributed by atoms with Gasteiger partial charge in [-0.3, -0.25) is 9.69 Å². The van der Waals surface area contributed by atoms with Crippen molar-refractivity contribution < 1.29 is 13.2 Å². The van der Waals surface area contributed by atoms with E-state index in [4.69, 9.17) is 5.73 Å². The highest BCUT2D eigenvalue weighted by atomic mass is 32.2. The van der Waals surface area contributed by atoms with Crippen LogP contribution >= 0.6 is 0 Å². The van der Waals surface area contributed by atoms with Crippen LogP contribution in [0.5, 0.6) is 0 Å². The minimum Gasteiger partial charge on any atom is -0.358 e. The summed E-state index contributed by atoms with van der Waals surface area (Å²) in [5, 5.41) is 2.54. The fraction of sp³-hybridized carbons (Fsp3) is 0.900. The maximum atomic E-state index is 11.5. The second-order valence-electron chi connectivity index (χ2n) is 4.45. The minimum atomic E-state index is -3.05. The lowest BCUT2D eigenvalue weighted by Crippen LogP contribution is -2.50. The Morgan fingerprint density at radius 3 is 2.53 bits per heavy atom. The number of nitrogens with zero attached hydrogens (tertiary/aromatic N) is 1. The molecule has 0 aromatic heterocycles. The summed E-state index contributed by atoms with van der Waals surface area (Å²) >= 11 is 0. The number of hydrogen-bond donors (Lipinski definition) is 2. The summed E-state index contributed by atoms with van der Waals surface area (Å²) in [6, 6.07) is -0.631. The van der Waals surface area contributed by atoms with E-state index in [1.165, 1.54) is 0 Å². The first-order valence-electron chi connectivity index (χ1n) is 5.80. The Kier molecular flexibility index (Phi) is 4.91. The monoisotopic (exact) mass is 263 g/mol.